The van der Waals surface area contributed by atoms with Gasteiger partial charge in [0.1, 0.15) is 5.75 Å². The lowest BCUT2D eigenvalue weighted by Gasteiger charge is -2.66. The van der Waals surface area contributed by atoms with Crippen molar-refractivity contribution in [3.8, 4) is 23.8 Å². The van der Waals surface area contributed by atoms with Gasteiger partial charge >= 0.3 is 0 Å². The lowest BCUT2D eigenvalue weighted by Crippen LogP contribution is -2.70. The minimum Gasteiger partial charge on any atom is -0.436 e. The summed E-state index contributed by atoms with van der Waals surface area (Å²) in [4.78, 5) is 17.3. The molecule has 2 aromatic heterocycles. The Kier molecular flexibility index (Phi) is 5.09. The zero-order chi connectivity index (χ0) is 25.6. The topological polar surface area (TPSA) is 135 Å². The van der Waals surface area contributed by atoms with Gasteiger partial charge in [0.15, 0.2) is 11.2 Å². The molecule has 3 N–H and O–H groups in total. The Morgan fingerprint density at radius 3 is 2.43 bits per heavy atom. The third-order valence-corrected chi connectivity index (χ3v) is 7.03. The molecule has 0 unspecified atom stereocenters. The molecular weight excluding hydrogens is 464 g/mol. The third kappa shape index (κ3) is 4.01. The Hall–Kier alpha value is -4.89. The van der Waals surface area contributed by atoms with E-state index in [1.807, 2.05) is 62.4 Å². The predicted octanol–water partition coefficient (Wildman–Crippen LogP) is 5.90. The smallest absolute Gasteiger partial charge is 0.250 e. The molecule has 0 spiro atoms. The number of para-hydroxylation sites is 1. The molecule has 0 saturated heterocycles. The maximum Gasteiger partial charge on any atom is 0.250 e. The number of nitrogens with one attached hydrogen (secondary N) is 3. The van der Waals surface area contributed by atoms with Crippen LogP contribution >= 0.6 is 0 Å². The second kappa shape index (κ2) is 8.35. The van der Waals surface area contributed by atoms with E-state index in [-0.39, 0.29) is 11.0 Å². The summed E-state index contributed by atoms with van der Waals surface area (Å²) in [5.41, 5.74) is 4.35. The highest BCUT2D eigenvalue weighted by atomic mass is 16.5. The Balaban J connectivity index is 1.37. The summed E-state index contributed by atoms with van der Waals surface area (Å²) in [5.74, 6) is 1.99. The standard InChI is InChI=1S/C28H24N8O/c1-17-11-19(7-6-10-29)12-18(2)22(17)37-24-21-23(33-25(32-21)31-20-8-4-3-5-9-20)34-26(35-24)36-28-13-27(14-28,15-28)16-30/h3-9,11-12H,13-15H2,1-2H3,(H3,31,32,33,34,35,36)/b7-6+. The molecule has 3 aliphatic rings. The first kappa shape index (κ1) is 22.6. The van der Waals surface area contributed by atoms with Crippen LogP contribution in [0, 0.1) is 41.9 Å². The number of aryl methyl sites for hydroxylation is 2. The molecule has 0 atom stereocenters. The van der Waals surface area contributed by atoms with Gasteiger partial charge in [-0.3, -0.25) is 0 Å². The quantitative estimate of drug-likeness (QED) is 0.274. The van der Waals surface area contributed by atoms with Crippen molar-refractivity contribution in [2.24, 2.45) is 5.41 Å². The molecule has 182 valence electrons. The molecule has 7 rings (SSSR count). The van der Waals surface area contributed by atoms with Crippen LogP contribution in [0.2, 0.25) is 0 Å². The van der Waals surface area contributed by atoms with Crippen LogP contribution < -0.4 is 15.4 Å². The first-order valence-electron chi connectivity index (χ1n) is 12.0. The molecular formula is C28H24N8O. The van der Waals surface area contributed by atoms with Crippen LogP contribution in [0.3, 0.4) is 0 Å². The number of fused-ring (bicyclic) bond motifs is 1. The monoisotopic (exact) mass is 488 g/mol. The molecule has 2 heterocycles. The molecule has 3 aliphatic carbocycles. The second-order valence-corrected chi connectivity index (χ2v) is 10.0. The number of ether oxygens (including phenoxy) is 1. The van der Waals surface area contributed by atoms with E-state index >= 15 is 0 Å². The fourth-order valence-electron chi connectivity index (χ4n) is 5.47. The molecule has 9 nitrogen and oxygen atoms in total. The zero-order valence-electron chi connectivity index (χ0n) is 20.5. The zero-order valence-corrected chi connectivity index (χ0v) is 20.5. The summed E-state index contributed by atoms with van der Waals surface area (Å²) in [6.45, 7) is 3.92. The van der Waals surface area contributed by atoms with Crippen molar-refractivity contribution < 1.29 is 4.74 Å². The third-order valence-electron chi connectivity index (χ3n) is 7.03. The molecule has 3 fully saturated rings. The number of H-pyrrole nitrogens is 1. The van der Waals surface area contributed by atoms with Crippen molar-refractivity contribution >= 4 is 34.8 Å². The van der Waals surface area contributed by atoms with Crippen molar-refractivity contribution in [2.75, 3.05) is 10.6 Å². The number of allylic oxidation sites excluding steroid dienone is 1. The van der Waals surface area contributed by atoms with Crippen molar-refractivity contribution in [3.05, 3.63) is 65.2 Å². The molecule has 2 aromatic carbocycles. The number of aromatic nitrogens is 4. The summed E-state index contributed by atoms with van der Waals surface area (Å²) in [7, 11) is 0. The summed E-state index contributed by atoms with van der Waals surface area (Å²) < 4.78 is 6.41. The Morgan fingerprint density at radius 1 is 1.03 bits per heavy atom. The molecule has 37 heavy (non-hydrogen) atoms. The Labute approximate surface area is 213 Å². The largest absolute Gasteiger partial charge is 0.436 e. The van der Waals surface area contributed by atoms with Crippen LogP contribution in [0.4, 0.5) is 17.6 Å². The van der Waals surface area contributed by atoms with E-state index in [1.54, 1.807) is 6.08 Å². The van der Waals surface area contributed by atoms with Gasteiger partial charge in [-0.15, -0.1) is 0 Å². The number of nitriles is 2. The summed E-state index contributed by atoms with van der Waals surface area (Å²) >= 11 is 0. The average molecular weight is 489 g/mol. The molecule has 9 heteroatoms. The van der Waals surface area contributed by atoms with E-state index in [0.29, 0.717) is 34.7 Å². The van der Waals surface area contributed by atoms with E-state index in [9.17, 15) is 5.26 Å². The average Bonchev–Trinajstić information content (AvgIpc) is 3.24. The van der Waals surface area contributed by atoms with Gasteiger partial charge in [-0.05, 0) is 80.1 Å². The minimum absolute atomic E-state index is 0.136. The van der Waals surface area contributed by atoms with Gasteiger partial charge in [-0.1, -0.05) is 18.2 Å². The molecule has 0 radical (unpaired) electrons. The van der Waals surface area contributed by atoms with E-state index in [0.717, 1.165) is 41.6 Å². The number of rotatable bonds is 7. The Morgan fingerprint density at radius 2 is 1.76 bits per heavy atom. The predicted molar refractivity (Wildman–Crippen MR) is 140 cm³/mol. The highest BCUT2D eigenvalue weighted by molar-refractivity contribution is 5.81. The van der Waals surface area contributed by atoms with E-state index in [1.165, 1.54) is 6.08 Å². The van der Waals surface area contributed by atoms with Crippen molar-refractivity contribution in [2.45, 2.75) is 38.6 Å². The first-order valence-corrected chi connectivity index (χ1v) is 12.0. The Bertz CT molecular complexity index is 1600. The number of hydrogen-bond donors (Lipinski definition) is 3. The summed E-state index contributed by atoms with van der Waals surface area (Å²) in [6, 6.07) is 18.1. The van der Waals surface area contributed by atoms with E-state index in [2.05, 4.69) is 31.7 Å². The van der Waals surface area contributed by atoms with Crippen LogP contribution in [0.25, 0.3) is 17.2 Å². The highest BCUT2D eigenvalue weighted by Crippen LogP contribution is 2.67. The van der Waals surface area contributed by atoms with Gasteiger partial charge in [0.25, 0.3) is 5.88 Å². The molecule has 2 bridgehead atoms. The van der Waals surface area contributed by atoms with Gasteiger partial charge in [-0.2, -0.15) is 25.5 Å². The lowest BCUT2D eigenvalue weighted by atomic mass is 9.40. The van der Waals surface area contributed by atoms with Crippen LogP contribution in [-0.4, -0.2) is 25.5 Å². The van der Waals surface area contributed by atoms with Crippen molar-refractivity contribution in [1.82, 2.24) is 19.9 Å². The van der Waals surface area contributed by atoms with Gasteiger partial charge < -0.3 is 20.4 Å². The fourth-order valence-corrected chi connectivity index (χ4v) is 5.47. The molecule has 3 saturated carbocycles. The van der Waals surface area contributed by atoms with E-state index in [4.69, 9.17) is 15.0 Å². The number of nitrogens with zero attached hydrogens (tertiary/aromatic N) is 5. The number of benzene rings is 2. The SMILES string of the molecule is Cc1cc(/C=C/C#N)cc(C)c1Oc1nc(NC23CC(C#N)(C2)C3)nc2nc(Nc3ccccc3)[nH]c12. The molecule has 0 amide bonds. The summed E-state index contributed by atoms with van der Waals surface area (Å²) in [6.07, 6.45) is 5.61. The highest BCUT2D eigenvalue weighted by Gasteiger charge is 2.69. The van der Waals surface area contributed by atoms with Crippen LogP contribution in [0.1, 0.15) is 36.0 Å². The maximum absolute atomic E-state index is 9.39. The van der Waals surface area contributed by atoms with Gasteiger partial charge in [0, 0.05) is 17.3 Å². The number of imidazole rings is 1. The molecule has 4 aromatic rings. The summed E-state index contributed by atoms with van der Waals surface area (Å²) in [5, 5.41) is 25.0. The van der Waals surface area contributed by atoms with Gasteiger partial charge in [-0.25, -0.2) is 0 Å². The number of anilines is 3. The maximum atomic E-state index is 9.39. The van der Waals surface area contributed by atoms with Crippen LogP contribution in [0.5, 0.6) is 11.6 Å². The second-order valence-electron chi connectivity index (χ2n) is 10.0. The number of aromatic amines is 1. The van der Waals surface area contributed by atoms with Crippen molar-refractivity contribution in [3.63, 3.8) is 0 Å². The normalized spacial score (nSPS) is 21.5. The van der Waals surface area contributed by atoms with Gasteiger partial charge in [0.05, 0.1) is 17.6 Å². The first-order chi connectivity index (χ1) is 17.9. The van der Waals surface area contributed by atoms with Crippen molar-refractivity contribution in [1.29, 1.82) is 10.5 Å². The van der Waals surface area contributed by atoms with Gasteiger partial charge in [0.2, 0.25) is 11.9 Å². The van der Waals surface area contributed by atoms with Crippen LogP contribution in [-0.2, 0) is 0 Å². The van der Waals surface area contributed by atoms with Crippen LogP contribution in [0.15, 0.2) is 48.5 Å². The van der Waals surface area contributed by atoms with E-state index < -0.39 is 0 Å². The fraction of sp³-hybridized carbons (Fsp3) is 0.250. The number of hydrogen-bond acceptors (Lipinski definition) is 8. The minimum atomic E-state index is -0.189. The lowest BCUT2D eigenvalue weighted by molar-refractivity contribution is -0.0665. The molecule has 0 aliphatic heterocycles.